The molecule has 0 bridgehead atoms. The first-order valence-corrected chi connectivity index (χ1v) is 11.0. The van der Waals surface area contributed by atoms with Gasteiger partial charge in [0.05, 0.1) is 11.2 Å². The van der Waals surface area contributed by atoms with E-state index < -0.39 is 0 Å². The van der Waals surface area contributed by atoms with E-state index in [0.717, 1.165) is 40.8 Å². The van der Waals surface area contributed by atoms with Crippen LogP contribution in [-0.4, -0.2) is 43.6 Å². The average molecular weight is 428 g/mol. The molecule has 1 aliphatic rings. The Hall–Kier alpha value is -3.74. The van der Waals surface area contributed by atoms with Gasteiger partial charge in [0.25, 0.3) is 5.91 Å². The highest BCUT2D eigenvalue weighted by Crippen LogP contribution is 2.23. The number of aryl methyl sites for hydroxylation is 1. The maximum absolute atomic E-state index is 13.0. The van der Waals surface area contributed by atoms with E-state index in [1.54, 1.807) is 10.6 Å². The van der Waals surface area contributed by atoms with E-state index >= 15 is 0 Å². The molecule has 0 spiro atoms. The van der Waals surface area contributed by atoms with Gasteiger partial charge < -0.3 is 4.90 Å². The van der Waals surface area contributed by atoms with Crippen LogP contribution in [0.2, 0.25) is 0 Å². The molecule has 1 N–H and O–H groups in total. The molecule has 5 rings (SSSR count). The number of likely N-dealkylation sites (tertiary alicyclic amines) is 1. The molecule has 0 aliphatic carbocycles. The summed E-state index contributed by atoms with van der Waals surface area (Å²) < 4.78 is 1.67. The number of carbonyl (C=O) groups is 1. The van der Waals surface area contributed by atoms with Gasteiger partial charge in [0.15, 0.2) is 0 Å². The normalized spacial score (nSPS) is 14.7. The summed E-state index contributed by atoms with van der Waals surface area (Å²) in [4.78, 5) is 31.8. The van der Waals surface area contributed by atoms with Gasteiger partial charge in [0.1, 0.15) is 11.5 Å². The van der Waals surface area contributed by atoms with Crippen LogP contribution in [0.1, 0.15) is 34.7 Å². The molecule has 3 heterocycles. The van der Waals surface area contributed by atoms with Gasteiger partial charge >= 0.3 is 5.69 Å². The molecule has 0 atom stereocenters. The molecule has 1 saturated heterocycles. The Kier molecular flexibility index (Phi) is 5.31. The fourth-order valence-corrected chi connectivity index (χ4v) is 4.47. The van der Waals surface area contributed by atoms with Gasteiger partial charge in [0, 0.05) is 24.9 Å². The lowest BCUT2D eigenvalue weighted by atomic mass is 9.93. The zero-order valence-electron chi connectivity index (χ0n) is 18.0. The number of pyridine rings is 1. The number of piperidine rings is 1. The third-order valence-electron chi connectivity index (χ3n) is 6.29. The number of aromatic nitrogens is 4. The van der Waals surface area contributed by atoms with E-state index in [9.17, 15) is 9.59 Å². The van der Waals surface area contributed by atoms with Crippen molar-refractivity contribution in [1.29, 1.82) is 0 Å². The molecule has 4 aromatic rings. The number of hydrogen-bond acceptors (Lipinski definition) is 4. The van der Waals surface area contributed by atoms with Crippen molar-refractivity contribution in [3.05, 3.63) is 88.2 Å². The van der Waals surface area contributed by atoms with E-state index in [0.29, 0.717) is 31.1 Å². The number of H-pyrrole nitrogens is 1. The molecule has 7 nitrogen and oxygen atoms in total. The first-order chi connectivity index (χ1) is 15.6. The van der Waals surface area contributed by atoms with E-state index in [2.05, 4.69) is 15.2 Å². The van der Waals surface area contributed by atoms with Crippen LogP contribution >= 0.6 is 0 Å². The van der Waals surface area contributed by atoms with Gasteiger partial charge in [-0.25, -0.2) is 19.4 Å². The third-order valence-corrected chi connectivity index (χ3v) is 6.29. The number of amides is 1. The van der Waals surface area contributed by atoms with Crippen molar-refractivity contribution in [1.82, 2.24) is 24.6 Å². The molecule has 1 fully saturated rings. The quantitative estimate of drug-likeness (QED) is 0.540. The Balaban J connectivity index is 1.27. The molecule has 7 heteroatoms. The van der Waals surface area contributed by atoms with Crippen LogP contribution in [0.15, 0.2) is 65.5 Å². The molecular formula is C25H25N5O2. The minimum absolute atomic E-state index is 0.0224. The molecular weight excluding hydrogens is 402 g/mol. The summed E-state index contributed by atoms with van der Waals surface area (Å²) in [5.74, 6) is 1.08. The Labute approximate surface area is 185 Å². The lowest BCUT2D eigenvalue weighted by molar-refractivity contribution is 0.0684. The van der Waals surface area contributed by atoms with Crippen molar-refractivity contribution < 1.29 is 4.79 Å². The predicted molar refractivity (Wildman–Crippen MR) is 123 cm³/mol. The highest BCUT2D eigenvalue weighted by molar-refractivity contribution is 5.94. The van der Waals surface area contributed by atoms with Crippen LogP contribution in [0.5, 0.6) is 0 Å². The minimum Gasteiger partial charge on any atom is -0.337 e. The molecule has 1 amide bonds. The van der Waals surface area contributed by atoms with Gasteiger partial charge in [-0.15, -0.1) is 0 Å². The zero-order chi connectivity index (χ0) is 22.1. The van der Waals surface area contributed by atoms with Crippen molar-refractivity contribution in [3.63, 3.8) is 0 Å². The Morgan fingerprint density at radius 1 is 1.03 bits per heavy atom. The fraction of sp³-hybridized carbons (Fsp3) is 0.280. The van der Waals surface area contributed by atoms with Crippen LogP contribution in [0.4, 0.5) is 0 Å². The number of aromatic amines is 1. The molecule has 162 valence electrons. The van der Waals surface area contributed by atoms with Gasteiger partial charge in [-0.1, -0.05) is 42.5 Å². The number of fused-ring (bicyclic) bond motifs is 1. The molecule has 0 saturated carbocycles. The number of benzene rings is 2. The standard InChI is InChI=1S/C25H25N5O2/c1-17-6-2-5-9-22(17)30-23(27-28-25(30)32)16-18-12-14-29(15-13-18)24(31)21-11-10-19-7-3-4-8-20(19)26-21/h2-11,18H,12-16H2,1H3,(H,28,32). The number of carbonyl (C=O) groups excluding carboxylic acids is 1. The Bertz CT molecular complexity index is 1330. The van der Waals surface area contributed by atoms with Crippen LogP contribution in [0.25, 0.3) is 16.6 Å². The zero-order valence-corrected chi connectivity index (χ0v) is 18.0. The summed E-state index contributed by atoms with van der Waals surface area (Å²) in [7, 11) is 0. The SMILES string of the molecule is Cc1ccccc1-n1c(CC2CCN(C(=O)c3ccc4ccccc4n3)CC2)n[nH]c1=O. The number of para-hydroxylation sites is 2. The van der Waals surface area contributed by atoms with Crippen molar-refractivity contribution in [2.45, 2.75) is 26.2 Å². The molecule has 2 aromatic heterocycles. The first kappa shape index (κ1) is 20.2. The van der Waals surface area contributed by atoms with Crippen molar-refractivity contribution in [2.24, 2.45) is 5.92 Å². The second-order valence-electron chi connectivity index (χ2n) is 8.40. The summed E-state index contributed by atoms with van der Waals surface area (Å²) in [6.45, 7) is 3.34. The Morgan fingerprint density at radius 2 is 1.78 bits per heavy atom. The summed E-state index contributed by atoms with van der Waals surface area (Å²) in [5, 5.41) is 7.92. The van der Waals surface area contributed by atoms with Crippen LogP contribution in [0, 0.1) is 12.8 Å². The maximum atomic E-state index is 13.0. The fourth-order valence-electron chi connectivity index (χ4n) is 4.47. The highest BCUT2D eigenvalue weighted by Gasteiger charge is 2.26. The van der Waals surface area contributed by atoms with Gasteiger partial charge in [-0.2, -0.15) is 5.10 Å². The molecule has 32 heavy (non-hydrogen) atoms. The largest absolute Gasteiger partial charge is 0.347 e. The van der Waals surface area contributed by atoms with Gasteiger partial charge in [-0.05, 0) is 49.4 Å². The second-order valence-corrected chi connectivity index (χ2v) is 8.40. The van der Waals surface area contributed by atoms with Crippen molar-refractivity contribution in [3.8, 4) is 5.69 Å². The van der Waals surface area contributed by atoms with Gasteiger partial charge in [-0.3, -0.25) is 4.79 Å². The third kappa shape index (κ3) is 3.82. The maximum Gasteiger partial charge on any atom is 0.347 e. The van der Waals surface area contributed by atoms with Crippen molar-refractivity contribution in [2.75, 3.05) is 13.1 Å². The van der Waals surface area contributed by atoms with E-state index in [1.807, 2.05) is 66.4 Å². The Morgan fingerprint density at radius 3 is 2.59 bits per heavy atom. The number of nitrogens with zero attached hydrogens (tertiary/aromatic N) is 4. The highest BCUT2D eigenvalue weighted by atomic mass is 16.2. The second kappa shape index (κ2) is 8.42. The summed E-state index contributed by atoms with van der Waals surface area (Å²) >= 11 is 0. The molecule has 1 aliphatic heterocycles. The summed E-state index contributed by atoms with van der Waals surface area (Å²) in [6, 6.07) is 19.4. The number of rotatable bonds is 4. The van der Waals surface area contributed by atoms with Gasteiger partial charge in [0.2, 0.25) is 0 Å². The van der Waals surface area contributed by atoms with Crippen LogP contribution in [0.3, 0.4) is 0 Å². The number of nitrogens with one attached hydrogen (secondary N) is 1. The summed E-state index contributed by atoms with van der Waals surface area (Å²) in [6.07, 6.45) is 2.44. The monoisotopic (exact) mass is 427 g/mol. The topological polar surface area (TPSA) is 83.9 Å². The smallest absolute Gasteiger partial charge is 0.337 e. The van der Waals surface area contributed by atoms with Crippen LogP contribution in [-0.2, 0) is 6.42 Å². The first-order valence-electron chi connectivity index (χ1n) is 11.0. The lowest BCUT2D eigenvalue weighted by Gasteiger charge is -2.31. The lowest BCUT2D eigenvalue weighted by Crippen LogP contribution is -2.39. The minimum atomic E-state index is -0.218. The number of hydrogen-bond donors (Lipinski definition) is 1. The van der Waals surface area contributed by atoms with E-state index in [1.165, 1.54) is 0 Å². The molecule has 0 radical (unpaired) electrons. The van der Waals surface area contributed by atoms with E-state index in [4.69, 9.17) is 0 Å². The molecule has 2 aromatic carbocycles. The van der Waals surface area contributed by atoms with Crippen LogP contribution < -0.4 is 5.69 Å². The predicted octanol–water partition coefficient (Wildman–Crippen LogP) is 3.51. The average Bonchev–Trinajstić information content (AvgIpc) is 3.18. The van der Waals surface area contributed by atoms with Crippen molar-refractivity contribution >= 4 is 16.8 Å². The summed E-state index contributed by atoms with van der Waals surface area (Å²) in [5.41, 5.74) is 2.99. The molecule has 0 unspecified atom stereocenters. The van der Waals surface area contributed by atoms with E-state index in [-0.39, 0.29) is 11.6 Å².